The number of rotatable bonds is 5. The van der Waals surface area contributed by atoms with Gasteiger partial charge in [-0.1, -0.05) is 0 Å². The van der Waals surface area contributed by atoms with Crippen LogP contribution >= 0.6 is 0 Å². The van der Waals surface area contributed by atoms with Crippen molar-refractivity contribution in [3.63, 3.8) is 0 Å². The SMILES string of the molecule is COC1(CNC(C)c2ccnn2C)CCC1. The lowest BCUT2D eigenvalue weighted by molar-refractivity contribution is -0.0707. The maximum Gasteiger partial charge on any atom is 0.0802 e. The van der Waals surface area contributed by atoms with Gasteiger partial charge in [-0.2, -0.15) is 5.10 Å². The first-order chi connectivity index (χ1) is 7.67. The van der Waals surface area contributed by atoms with Gasteiger partial charge in [0.15, 0.2) is 0 Å². The Bertz CT molecular complexity index is 338. The van der Waals surface area contributed by atoms with E-state index >= 15 is 0 Å². The molecule has 0 bridgehead atoms. The minimum Gasteiger partial charge on any atom is -0.377 e. The summed E-state index contributed by atoms with van der Waals surface area (Å²) in [5.41, 5.74) is 1.30. The molecule has 1 unspecified atom stereocenters. The number of hydrogen-bond donors (Lipinski definition) is 1. The van der Waals surface area contributed by atoms with Crippen LogP contribution in [0, 0.1) is 0 Å². The molecule has 0 spiro atoms. The summed E-state index contributed by atoms with van der Waals surface area (Å²) in [5.74, 6) is 0. The Kier molecular flexibility index (Phi) is 3.30. The van der Waals surface area contributed by atoms with E-state index in [0.29, 0.717) is 6.04 Å². The standard InChI is InChI=1S/C12H21N3O/c1-10(11-5-8-14-15(11)2)13-9-12(16-3)6-4-7-12/h5,8,10,13H,4,6-7,9H2,1-3H3. The van der Waals surface area contributed by atoms with Crippen molar-refractivity contribution in [3.8, 4) is 0 Å². The van der Waals surface area contributed by atoms with Gasteiger partial charge in [-0.15, -0.1) is 0 Å². The van der Waals surface area contributed by atoms with Gasteiger partial charge >= 0.3 is 0 Å². The molecule has 1 aromatic rings. The zero-order chi connectivity index (χ0) is 11.6. The largest absolute Gasteiger partial charge is 0.377 e. The Hall–Kier alpha value is -0.870. The zero-order valence-corrected chi connectivity index (χ0v) is 10.4. The van der Waals surface area contributed by atoms with Crippen LogP contribution in [-0.2, 0) is 11.8 Å². The summed E-state index contributed by atoms with van der Waals surface area (Å²) in [7, 11) is 3.79. The molecule has 90 valence electrons. The van der Waals surface area contributed by atoms with Gasteiger partial charge in [-0.05, 0) is 32.3 Å². The highest BCUT2D eigenvalue weighted by Crippen LogP contribution is 2.34. The first-order valence-corrected chi connectivity index (χ1v) is 5.93. The van der Waals surface area contributed by atoms with Crippen LogP contribution < -0.4 is 5.32 Å². The summed E-state index contributed by atoms with van der Waals surface area (Å²) in [6.45, 7) is 3.09. The molecule has 1 aliphatic carbocycles. The number of hydrogen-bond acceptors (Lipinski definition) is 3. The number of methoxy groups -OCH3 is 1. The molecule has 0 amide bonds. The first-order valence-electron chi connectivity index (χ1n) is 5.93. The number of nitrogens with zero attached hydrogens (tertiary/aromatic N) is 2. The van der Waals surface area contributed by atoms with Crippen molar-refractivity contribution in [2.75, 3.05) is 13.7 Å². The lowest BCUT2D eigenvalue weighted by Crippen LogP contribution is -2.48. The van der Waals surface area contributed by atoms with Crippen molar-refractivity contribution >= 4 is 0 Å². The maximum atomic E-state index is 5.59. The van der Waals surface area contributed by atoms with E-state index < -0.39 is 0 Å². The molecule has 1 aliphatic rings. The van der Waals surface area contributed by atoms with Crippen molar-refractivity contribution in [2.45, 2.75) is 37.8 Å². The monoisotopic (exact) mass is 223 g/mol. The van der Waals surface area contributed by atoms with E-state index in [4.69, 9.17) is 4.74 Å². The molecule has 4 nitrogen and oxygen atoms in total. The van der Waals surface area contributed by atoms with E-state index in [2.05, 4.69) is 23.4 Å². The van der Waals surface area contributed by atoms with Crippen molar-refractivity contribution in [1.82, 2.24) is 15.1 Å². The van der Waals surface area contributed by atoms with Crippen molar-refractivity contribution < 1.29 is 4.74 Å². The van der Waals surface area contributed by atoms with Gasteiger partial charge in [0.2, 0.25) is 0 Å². The molecule has 0 radical (unpaired) electrons. The molecule has 0 aliphatic heterocycles. The zero-order valence-electron chi connectivity index (χ0n) is 10.4. The molecule has 1 aromatic heterocycles. The predicted molar refractivity (Wildman–Crippen MR) is 63.2 cm³/mol. The highest BCUT2D eigenvalue weighted by Gasteiger charge is 2.36. The quantitative estimate of drug-likeness (QED) is 0.825. The maximum absolute atomic E-state index is 5.59. The van der Waals surface area contributed by atoms with Gasteiger partial charge in [-0.3, -0.25) is 4.68 Å². The van der Waals surface area contributed by atoms with Gasteiger partial charge in [0.25, 0.3) is 0 Å². The Labute approximate surface area is 97.0 Å². The summed E-state index contributed by atoms with van der Waals surface area (Å²) < 4.78 is 7.50. The topological polar surface area (TPSA) is 39.1 Å². The van der Waals surface area contributed by atoms with Gasteiger partial charge in [0.05, 0.1) is 11.3 Å². The number of aromatic nitrogens is 2. The van der Waals surface area contributed by atoms with Crippen LogP contribution in [0.5, 0.6) is 0 Å². The second-order valence-electron chi connectivity index (χ2n) is 4.72. The number of nitrogens with one attached hydrogen (secondary N) is 1. The number of aryl methyl sites for hydroxylation is 1. The van der Waals surface area contributed by atoms with Gasteiger partial charge in [0, 0.05) is 32.9 Å². The fourth-order valence-electron chi connectivity index (χ4n) is 2.28. The third-order valence-electron chi connectivity index (χ3n) is 3.73. The Morgan fingerprint density at radius 1 is 1.62 bits per heavy atom. The van der Waals surface area contributed by atoms with E-state index in [9.17, 15) is 0 Å². The van der Waals surface area contributed by atoms with E-state index in [1.165, 1.54) is 25.0 Å². The van der Waals surface area contributed by atoms with E-state index in [1.807, 2.05) is 25.0 Å². The normalized spacial score (nSPS) is 20.4. The average Bonchev–Trinajstić information content (AvgIpc) is 2.63. The van der Waals surface area contributed by atoms with Crippen molar-refractivity contribution in [2.24, 2.45) is 7.05 Å². The summed E-state index contributed by atoms with van der Waals surface area (Å²) in [6, 6.07) is 2.37. The van der Waals surface area contributed by atoms with Crippen LogP contribution in [0.2, 0.25) is 0 Å². The lowest BCUT2D eigenvalue weighted by atomic mass is 9.80. The van der Waals surface area contributed by atoms with Crippen LogP contribution in [0.25, 0.3) is 0 Å². The Balaban J connectivity index is 1.88. The van der Waals surface area contributed by atoms with Crippen molar-refractivity contribution in [1.29, 1.82) is 0 Å². The molecule has 2 rings (SSSR count). The minimum atomic E-state index is 0.0901. The van der Waals surface area contributed by atoms with Gasteiger partial charge in [0.1, 0.15) is 0 Å². The molecule has 4 heteroatoms. The Morgan fingerprint density at radius 2 is 2.38 bits per heavy atom. The predicted octanol–water partition coefficient (Wildman–Crippen LogP) is 1.64. The summed E-state index contributed by atoms with van der Waals surface area (Å²) in [6.07, 6.45) is 5.47. The molecular formula is C12H21N3O. The molecule has 16 heavy (non-hydrogen) atoms. The molecule has 1 N–H and O–H groups in total. The Morgan fingerprint density at radius 3 is 2.81 bits per heavy atom. The smallest absolute Gasteiger partial charge is 0.0802 e. The second kappa shape index (κ2) is 4.55. The second-order valence-corrected chi connectivity index (χ2v) is 4.72. The van der Waals surface area contributed by atoms with E-state index in [1.54, 1.807) is 0 Å². The van der Waals surface area contributed by atoms with Gasteiger partial charge < -0.3 is 10.1 Å². The molecule has 1 fully saturated rings. The minimum absolute atomic E-state index is 0.0901. The van der Waals surface area contributed by atoms with Crippen LogP contribution in [0.1, 0.15) is 37.9 Å². The van der Waals surface area contributed by atoms with Crippen LogP contribution in [-0.4, -0.2) is 29.0 Å². The fourth-order valence-corrected chi connectivity index (χ4v) is 2.28. The first kappa shape index (κ1) is 11.6. The number of ether oxygens (including phenoxy) is 1. The van der Waals surface area contributed by atoms with Crippen molar-refractivity contribution in [3.05, 3.63) is 18.0 Å². The molecule has 0 saturated heterocycles. The lowest BCUT2D eigenvalue weighted by Gasteiger charge is -2.41. The highest BCUT2D eigenvalue weighted by molar-refractivity contribution is 5.06. The summed E-state index contributed by atoms with van der Waals surface area (Å²) >= 11 is 0. The van der Waals surface area contributed by atoms with E-state index in [-0.39, 0.29) is 5.60 Å². The molecule has 1 heterocycles. The molecule has 1 atom stereocenters. The van der Waals surface area contributed by atoms with E-state index in [0.717, 1.165) is 6.54 Å². The third kappa shape index (κ3) is 2.13. The fraction of sp³-hybridized carbons (Fsp3) is 0.750. The molecular weight excluding hydrogens is 202 g/mol. The summed E-state index contributed by atoms with van der Waals surface area (Å²) in [5, 5.41) is 7.72. The highest BCUT2D eigenvalue weighted by atomic mass is 16.5. The average molecular weight is 223 g/mol. The van der Waals surface area contributed by atoms with Crippen LogP contribution in [0.4, 0.5) is 0 Å². The van der Waals surface area contributed by atoms with Gasteiger partial charge in [-0.25, -0.2) is 0 Å². The summed E-state index contributed by atoms with van der Waals surface area (Å²) in [4.78, 5) is 0. The molecule has 1 saturated carbocycles. The van der Waals surface area contributed by atoms with Crippen LogP contribution in [0.15, 0.2) is 12.3 Å². The molecule has 0 aromatic carbocycles. The third-order valence-corrected chi connectivity index (χ3v) is 3.73. The van der Waals surface area contributed by atoms with Crippen LogP contribution in [0.3, 0.4) is 0 Å².